The Morgan fingerprint density at radius 3 is 2.75 bits per heavy atom. The van der Waals surface area contributed by atoms with Crippen LogP contribution in [0.15, 0.2) is 30.3 Å². The molecule has 20 heavy (non-hydrogen) atoms. The first kappa shape index (κ1) is 15.5. The number of hydrogen-bond donors (Lipinski definition) is 1. The molecule has 1 saturated heterocycles. The third kappa shape index (κ3) is 4.89. The molecule has 0 spiro atoms. The molecule has 0 bridgehead atoms. The molecule has 1 fully saturated rings. The van der Waals surface area contributed by atoms with Crippen LogP contribution in [0.3, 0.4) is 0 Å². The molecule has 0 amide bonds. The summed E-state index contributed by atoms with van der Waals surface area (Å²) in [5.74, 6) is 0.507. The second-order valence-electron chi connectivity index (χ2n) is 5.49. The predicted molar refractivity (Wildman–Crippen MR) is 81.9 cm³/mol. The third-order valence-electron chi connectivity index (χ3n) is 3.84. The second-order valence-corrected chi connectivity index (χ2v) is 7.30. The fraction of sp³-hybridized carbons (Fsp3) is 0.600. The number of nitrogens with zero attached hydrogens (tertiary/aromatic N) is 1. The first-order valence-electron chi connectivity index (χ1n) is 7.32. The Balaban J connectivity index is 1.83. The van der Waals surface area contributed by atoms with Crippen LogP contribution < -0.4 is 4.72 Å². The highest BCUT2D eigenvalue weighted by atomic mass is 32.2. The van der Waals surface area contributed by atoms with Crippen molar-refractivity contribution in [3.8, 4) is 0 Å². The zero-order valence-electron chi connectivity index (χ0n) is 12.1. The molecule has 0 saturated carbocycles. The number of piperidine rings is 1. The average Bonchev–Trinajstić information content (AvgIpc) is 2.46. The molecule has 1 atom stereocenters. The van der Waals surface area contributed by atoms with E-state index >= 15 is 0 Å². The van der Waals surface area contributed by atoms with Crippen LogP contribution in [0.5, 0.6) is 0 Å². The van der Waals surface area contributed by atoms with E-state index in [0.717, 1.165) is 31.6 Å². The first-order chi connectivity index (χ1) is 9.59. The van der Waals surface area contributed by atoms with Crippen LogP contribution in [0.1, 0.15) is 25.3 Å². The molecule has 1 heterocycles. The molecule has 0 aromatic heterocycles. The van der Waals surface area contributed by atoms with E-state index in [1.165, 1.54) is 6.42 Å². The molecule has 1 aliphatic heterocycles. The van der Waals surface area contributed by atoms with E-state index in [-0.39, 0.29) is 5.75 Å². The summed E-state index contributed by atoms with van der Waals surface area (Å²) in [5, 5.41) is 0. The molecule has 1 aromatic carbocycles. The van der Waals surface area contributed by atoms with Crippen LogP contribution >= 0.6 is 0 Å². The molecule has 4 nitrogen and oxygen atoms in total. The van der Waals surface area contributed by atoms with E-state index in [1.54, 1.807) is 0 Å². The van der Waals surface area contributed by atoms with Gasteiger partial charge in [-0.1, -0.05) is 37.3 Å². The van der Waals surface area contributed by atoms with Gasteiger partial charge in [0.1, 0.15) is 0 Å². The Morgan fingerprint density at radius 2 is 2.05 bits per heavy atom. The number of sulfonamides is 1. The Hall–Kier alpha value is -0.910. The van der Waals surface area contributed by atoms with Crippen molar-refractivity contribution >= 4 is 10.0 Å². The molecule has 1 aliphatic rings. The highest BCUT2D eigenvalue weighted by Gasteiger charge is 2.20. The maximum Gasteiger partial charge on any atom is 0.215 e. The molecule has 1 aromatic rings. The number of rotatable bonds is 6. The monoisotopic (exact) mass is 296 g/mol. The van der Waals surface area contributed by atoms with Crippen LogP contribution in [0.4, 0.5) is 0 Å². The molecule has 0 aliphatic carbocycles. The van der Waals surface area contributed by atoms with E-state index in [9.17, 15) is 8.42 Å². The van der Waals surface area contributed by atoms with E-state index in [2.05, 4.69) is 16.5 Å². The zero-order chi connectivity index (χ0) is 14.4. The molecule has 2 rings (SSSR count). The standard InChI is InChI=1S/C15H24N2O2S/c1-2-17-10-6-9-15(12-17)11-16-20(18,19)13-14-7-4-3-5-8-14/h3-5,7-8,15-16H,2,6,9-13H2,1H3. The quantitative estimate of drug-likeness (QED) is 0.871. The van der Waals surface area contributed by atoms with Gasteiger partial charge in [0.15, 0.2) is 0 Å². The van der Waals surface area contributed by atoms with Crippen LogP contribution in [-0.4, -0.2) is 39.5 Å². The molecule has 112 valence electrons. The van der Waals surface area contributed by atoms with Gasteiger partial charge in [-0.05, 0) is 37.4 Å². The zero-order valence-corrected chi connectivity index (χ0v) is 12.9. The van der Waals surface area contributed by atoms with Gasteiger partial charge in [-0.15, -0.1) is 0 Å². The van der Waals surface area contributed by atoms with Gasteiger partial charge in [-0.3, -0.25) is 0 Å². The Labute approximate surface area is 122 Å². The summed E-state index contributed by atoms with van der Waals surface area (Å²) < 4.78 is 26.9. The van der Waals surface area contributed by atoms with Crippen molar-refractivity contribution in [2.75, 3.05) is 26.2 Å². The van der Waals surface area contributed by atoms with E-state index in [0.29, 0.717) is 12.5 Å². The lowest BCUT2D eigenvalue weighted by Gasteiger charge is -2.31. The Bertz CT molecular complexity index is 502. The van der Waals surface area contributed by atoms with Crippen molar-refractivity contribution in [1.82, 2.24) is 9.62 Å². The fourth-order valence-corrected chi connectivity index (χ4v) is 3.92. The summed E-state index contributed by atoms with van der Waals surface area (Å²) in [6, 6.07) is 9.32. The maximum atomic E-state index is 12.1. The van der Waals surface area contributed by atoms with E-state index in [4.69, 9.17) is 0 Å². The van der Waals surface area contributed by atoms with Gasteiger partial charge in [0.2, 0.25) is 10.0 Å². The van der Waals surface area contributed by atoms with Gasteiger partial charge in [-0.2, -0.15) is 0 Å². The van der Waals surface area contributed by atoms with E-state index < -0.39 is 10.0 Å². The van der Waals surface area contributed by atoms with Crippen LogP contribution in [0.25, 0.3) is 0 Å². The summed E-state index contributed by atoms with van der Waals surface area (Å²) in [7, 11) is -3.23. The molecule has 1 unspecified atom stereocenters. The molecule has 1 N–H and O–H groups in total. The Kier molecular flexibility index (Phi) is 5.57. The Morgan fingerprint density at radius 1 is 1.30 bits per heavy atom. The summed E-state index contributed by atoms with van der Waals surface area (Å²) in [6.45, 7) is 5.91. The van der Waals surface area contributed by atoms with Gasteiger partial charge < -0.3 is 4.90 Å². The van der Waals surface area contributed by atoms with Crippen molar-refractivity contribution in [1.29, 1.82) is 0 Å². The van der Waals surface area contributed by atoms with Gasteiger partial charge >= 0.3 is 0 Å². The molecule has 0 radical (unpaired) electrons. The minimum atomic E-state index is -3.23. The molecular weight excluding hydrogens is 272 g/mol. The van der Waals surface area contributed by atoms with Gasteiger partial charge in [0.25, 0.3) is 0 Å². The number of hydrogen-bond acceptors (Lipinski definition) is 3. The summed E-state index contributed by atoms with van der Waals surface area (Å²) >= 11 is 0. The average molecular weight is 296 g/mol. The van der Waals surface area contributed by atoms with Gasteiger partial charge in [0, 0.05) is 13.1 Å². The third-order valence-corrected chi connectivity index (χ3v) is 5.16. The predicted octanol–water partition coefficient (Wildman–Crippen LogP) is 1.84. The second kappa shape index (κ2) is 7.20. The van der Waals surface area contributed by atoms with Crippen molar-refractivity contribution in [2.45, 2.75) is 25.5 Å². The van der Waals surface area contributed by atoms with Crippen molar-refractivity contribution in [3.63, 3.8) is 0 Å². The lowest BCUT2D eigenvalue weighted by atomic mass is 9.98. The van der Waals surface area contributed by atoms with Crippen LogP contribution in [0, 0.1) is 5.92 Å². The SMILES string of the molecule is CCN1CCCC(CNS(=O)(=O)Cc2ccccc2)C1. The highest BCUT2D eigenvalue weighted by molar-refractivity contribution is 7.88. The largest absolute Gasteiger partial charge is 0.303 e. The number of nitrogens with one attached hydrogen (secondary N) is 1. The van der Waals surface area contributed by atoms with Crippen molar-refractivity contribution in [3.05, 3.63) is 35.9 Å². The summed E-state index contributed by atoms with van der Waals surface area (Å²) in [5.41, 5.74) is 0.832. The topological polar surface area (TPSA) is 49.4 Å². The lowest BCUT2D eigenvalue weighted by Crippen LogP contribution is -2.40. The minimum absolute atomic E-state index is 0.0675. The minimum Gasteiger partial charge on any atom is -0.303 e. The first-order valence-corrected chi connectivity index (χ1v) is 8.98. The van der Waals surface area contributed by atoms with E-state index in [1.807, 2.05) is 30.3 Å². The molecule has 5 heteroatoms. The van der Waals surface area contributed by atoms with Gasteiger partial charge in [-0.25, -0.2) is 13.1 Å². The van der Waals surface area contributed by atoms with Gasteiger partial charge in [0.05, 0.1) is 5.75 Å². The summed E-state index contributed by atoms with van der Waals surface area (Å²) in [6.07, 6.45) is 2.28. The van der Waals surface area contributed by atoms with Crippen LogP contribution in [0.2, 0.25) is 0 Å². The summed E-state index contributed by atoms with van der Waals surface area (Å²) in [4.78, 5) is 2.39. The fourth-order valence-electron chi connectivity index (χ4n) is 2.69. The maximum absolute atomic E-state index is 12.1. The number of likely N-dealkylation sites (tertiary alicyclic amines) is 1. The normalized spacial score (nSPS) is 20.9. The number of benzene rings is 1. The van der Waals surface area contributed by atoms with Crippen LogP contribution in [-0.2, 0) is 15.8 Å². The smallest absolute Gasteiger partial charge is 0.215 e. The van der Waals surface area contributed by atoms with Crippen molar-refractivity contribution in [2.24, 2.45) is 5.92 Å². The molecular formula is C15H24N2O2S. The van der Waals surface area contributed by atoms with Crippen molar-refractivity contribution < 1.29 is 8.42 Å². The lowest BCUT2D eigenvalue weighted by molar-refractivity contribution is 0.184. The highest BCUT2D eigenvalue weighted by Crippen LogP contribution is 2.15.